The van der Waals surface area contributed by atoms with Crippen molar-refractivity contribution in [1.82, 2.24) is 5.32 Å². The molecular weight excluding hydrogens is 320 g/mol. The van der Waals surface area contributed by atoms with Crippen LogP contribution in [0.4, 0.5) is 5.69 Å². The molecule has 0 aliphatic carbocycles. The van der Waals surface area contributed by atoms with E-state index in [2.05, 4.69) is 5.32 Å². The van der Waals surface area contributed by atoms with Crippen LogP contribution in [0.3, 0.4) is 0 Å². The van der Waals surface area contributed by atoms with E-state index >= 15 is 0 Å². The molecule has 6 nitrogen and oxygen atoms in total. The smallest absolute Gasteiger partial charge is 0.273 e. The zero-order chi connectivity index (χ0) is 18.4. The molecule has 0 aliphatic rings. The predicted molar refractivity (Wildman–Crippen MR) is 95.7 cm³/mol. The van der Waals surface area contributed by atoms with Crippen LogP contribution in [-0.2, 0) is 11.2 Å². The third-order valence-corrected chi connectivity index (χ3v) is 4.10. The summed E-state index contributed by atoms with van der Waals surface area (Å²) in [5, 5.41) is 14.0. The van der Waals surface area contributed by atoms with Crippen LogP contribution in [0, 0.1) is 17.0 Å². The fraction of sp³-hybridized carbons (Fsp3) is 0.316. The lowest BCUT2D eigenvalue weighted by Crippen LogP contribution is -2.29. The number of nitro groups is 1. The Kier molecular flexibility index (Phi) is 6.11. The third kappa shape index (κ3) is 4.56. The molecule has 132 valence electrons. The van der Waals surface area contributed by atoms with Crippen molar-refractivity contribution < 1.29 is 14.5 Å². The molecule has 0 saturated carbocycles. The minimum atomic E-state index is -0.466. The van der Waals surface area contributed by atoms with Crippen LogP contribution in [0.15, 0.2) is 42.5 Å². The Bertz CT molecular complexity index is 774. The summed E-state index contributed by atoms with van der Waals surface area (Å²) in [5.41, 5.74) is 2.35. The summed E-state index contributed by atoms with van der Waals surface area (Å²) in [6, 6.07) is 11.9. The van der Waals surface area contributed by atoms with E-state index in [0.29, 0.717) is 12.0 Å². The molecule has 25 heavy (non-hydrogen) atoms. The first-order valence-electron chi connectivity index (χ1n) is 8.12. The number of carbonyl (C=O) groups excluding carboxylic acids is 1. The monoisotopic (exact) mass is 342 g/mol. The molecule has 0 heterocycles. The largest absolute Gasteiger partial charge is 0.496 e. The minimum Gasteiger partial charge on any atom is -0.496 e. The van der Waals surface area contributed by atoms with E-state index in [9.17, 15) is 14.9 Å². The molecule has 2 rings (SSSR count). The lowest BCUT2D eigenvalue weighted by molar-refractivity contribution is -0.385. The molecule has 0 fully saturated rings. The number of hydrogen-bond acceptors (Lipinski definition) is 4. The highest BCUT2D eigenvalue weighted by atomic mass is 16.6. The molecule has 0 aliphatic heterocycles. The first-order valence-corrected chi connectivity index (χ1v) is 8.12. The summed E-state index contributed by atoms with van der Waals surface area (Å²) >= 11 is 0. The Morgan fingerprint density at radius 1 is 1.28 bits per heavy atom. The van der Waals surface area contributed by atoms with Crippen LogP contribution in [0.2, 0.25) is 0 Å². The van der Waals surface area contributed by atoms with Crippen molar-refractivity contribution in [1.29, 1.82) is 0 Å². The van der Waals surface area contributed by atoms with Crippen molar-refractivity contribution in [3.05, 3.63) is 69.3 Å². The molecule has 0 aromatic heterocycles. The summed E-state index contributed by atoms with van der Waals surface area (Å²) in [5.74, 6) is 0.555. The molecule has 0 radical (unpaired) electrons. The van der Waals surface area contributed by atoms with Gasteiger partial charge in [0, 0.05) is 11.6 Å². The number of nitrogens with zero attached hydrogens (tertiary/aromatic N) is 1. The minimum absolute atomic E-state index is 0.0250. The van der Waals surface area contributed by atoms with E-state index < -0.39 is 4.92 Å². The first-order chi connectivity index (χ1) is 12.0. The van der Waals surface area contributed by atoms with E-state index in [4.69, 9.17) is 4.74 Å². The molecule has 0 saturated heterocycles. The quantitative estimate of drug-likeness (QED) is 0.614. The molecule has 0 bridgehead atoms. The van der Waals surface area contributed by atoms with Crippen molar-refractivity contribution in [2.45, 2.75) is 32.7 Å². The summed E-state index contributed by atoms with van der Waals surface area (Å²) in [6.45, 7) is 3.93. The Balaban J connectivity index is 2.13. The van der Waals surface area contributed by atoms with Gasteiger partial charge in [-0.05, 0) is 30.5 Å². The van der Waals surface area contributed by atoms with Crippen molar-refractivity contribution in [3.63, 3.8) is 0 Å². The van der Waals surface area contributed by atoms with Gasteiger partial charge in [0.15, 0.2) is 0 Å². The van der Waals surface area contributed by atoms with Crippen LogP contribution in [0.1, 0.15) is 36.1 Å². The van der Waals surface area contributed by atoms with Gasteiger partial charge in [-0.25, -0.2) is 0 Å². The number of rotatable bonds is 7. The summed E-state index contributed by atoms with van der Waals surface area (Å²) < 4.78 is 5.26. The Morgan fingerprint density at radius 2 is 2.00 bits per heavy atom. The number of benzene rings is 2. The summed E-state index contributed by atoms with van der Waals surface area (Å²) in [6.07, 6.45) is 0.692. The van der Waals surface area contributed by atoms with Crippen molar-refractivity contribution in [2.24, 2.45) is 0 Å². The van der Waals surface area contributed by atoms with Gasteiger partial charge in [0.25, 0.3) is 5.69 Å². The van der Waals surface area contributed by atoms with Gasteiger partial charge in [0.2, 0.25) is 5.91 Å². The summed E-state index contributed by atoms with van der Waals surface area (Å²) in [4.78, 5) is 23.0. The topological polar surface area (TPSA) is 81.5 Å². The Morgan fingerprint density at radius 3 is 2.60 bits per heavy atom. The molecule has 6 heteroatoms. The SMILES string of the molecule is CCC(NC(=O)Cc1ccccc1[N+](=O)[O-])c1ccc(OC)c(C)c1. The number of para-hydroxylation sites is 1. The zero-order valence-electron chi connectivity index (χ0n) is 14.6. The van der Waals surface area contributed by atoms with E-state index in [1.54, 1.807) is 25.3 Å². The molecule has 1 N–H and O–H groups in total. The molecule has 1 amide bonds. The highest BCUT2D eigenvalue weighted by Gasteiger charge is 2.18. The van der Waals surface area contributed by atoms with E-state index in [-0.39, 0.29) is 24.1 Å². The maximum atomic E-state index is 12.4. The maximum absolute atomic E-state index is 12.4. The molecular formula is C19H22N2O4. The number of hydrogen-bond donors (Lipinski definition) is 1. The number of nitro benzene ring substituents is 1. The zero-order valence-corrected chi connectivity index (χ0v) is 14.6. The van der Waals surface area contributed by atoms with Crippen molar-refractivity contribution >= 4 is 11.6 Å². The predicted octanol–water partition coefficient (Wildman–Crippen LogP) is 3.72. The standard InChI is InChI=1S/C19H22N2O4/c1-4-16(14-9-10-18(25-3)13(2)11-14)20-19(22)12-15-7-5-6-8-17(15)21(23)24/h5-11,16H,4,12H2,1-3H3,(H,20,22). The van der Waals surface area contributed by atoms with E-state index in [1.165, 1.54) is 6.07 Å². The molecule has 1 unspecified atom stereocenters. The third-order valence-electron chi connectivity index (χ3n) is 4.10. The van der Waals surface area contributed by atoms with Crippen LogP contribution >= 0.6 is 0 Å². The van der Waals surface area contributed by atoms with Gasteiger partial charge in [-0.15, -0.1) is 0 Å². The second kappa shape index (κ2) is 8.28. The first kappa shape index (κ1) is 18.4. The van der Waals surface area contributed by atoms with Crippen molar-refractivity contribution in [2.75, 3.05) is 7.11 Å². The van der Waals surface area contributed by atoms with Crippen molar-refractivity contribution in [3.8, 4) is 5.75 Å². The second-order valence-corrected chi connectivity index (χ2v) is 5.82. The molecule has 2 aromatic carbocycles. The summed E-state index contributed by atoms with van der Waals surface area (Å²) in [7, 11) is 1.62. The number of aryl methyl sites for hydroxylation is 1. The second-order valence-electron chi connectivity index (χ2n) is 5.82. The van der Waals surface area contributed by atoms with Crippen LogP contribution in [0.5, 0.6) is 5.75 Å². The van der Waals surface area contributed by atoms with Gasteiger partial charge in [-0.2, -0.15) is 0 Å². The van der Waals surface area contributed by atoms with Gasteiger partial charge in [0.05, 0.1) is 24.5 Å². The molecule has 0 spiro atoms. The van der Waals surface area contributed by atoms with Crippen LogP contribution < -0.4 is 10.1 Å². The average molecular weight is 342 g/mol. The number of methoxy groups -OCH3 is 1. The number of amides is 1. The Hall–Kier alpha value is -2.89. The normalized spacial score (nSPS) is 11.6. The van der Waals surface area contributed by atoms with E-state index in [1.807, 2.05) is 32.0 Å². The average Bonchev–Trinajstić information content (AvgIpc) is 2.59. The number of ether oxygens (including phenoxy) is 1. The fourth-order valence-corrected chi connectivity index (χ4v) is 2.80. The Labute approximate surface area is 147 Å². The lowest BCUT2D eigenvalue weighted by atomic mass is 10.0. The number of nitrogens with one attached hydrogen (secondary N) is 1. The fourth-order valence-electron chi connectivity index (χ4n) is 2.80. The lowest BCUT2D eigenvalue weighted by Gasteiger charge is -2.19. The molecule has 2 aromatic rings. The van der Waals surface area contributed by atoms with Crippen LogP contribution in [-0.4, -0.2) is 17.9 Å². The number of carbonyl (C=O) groups is 1. The van der Waals surface area contributed by atoms with Gasteiger partial charge in [-0.3, -0.25) is 14.9 Å². The van der Waals surface area contributed by atoms with Gasteiger partial charge >= 0.3 is 0 Å². The van der Waals surface area contributed by atoms with Crippen LogP contribution in [0.25, 0.3) is 0 Å². The highest BCUT2D eigenvalue weighted by molar-refractivity contribution is 5.80. The van der Waals surface area contributed by atoms with Gasteiger partial charge in [-0.1, -0.05) is 37.3 Å². The highest BCUT2D eigenvalue weighted by Crippen LogP contribution is 2.25. The van der Waals surface area contributed by atoms with Gasteiger partial charge in [0.1, 0.15) is 5.75 Å². The van der Waals surface area contributed by atoms with Gasteiger partial charge < -0.3 is 10.1 Å². The molecule has 1 atom stereocenters. The van der Waals surface area contributed by atoms with E-state index in [0.717, 1.165) is 16.9 Å². The maximum Gasteiger partial charge on any atom is 0.273 e.